The molecule has 1 aromatic carbocycles. The smallest absolute Gasteiger partial charge is 0.348 e. The van der Waals surface area contributed by atoms with Crippen molar-refractivity contribution in [3.05, 3.63) is 56.2 Å². The van der Waals surface area contributed by atoms with Gasteiger partial charge >= 0.3 is 5.69 Å². The first-order valence-electron chi connectivity index (χ1n) is 6.39. The van der Waals surface area contributed by atoms with Crippen LogP contribution >= 0.6 is 15.9 Å². The summed E-state index contributed by atoms with van der Waals surface area (Å²) in [5, 5.41) is 0. The van der Waals surface area contributed by atoms with E-state index in [1.807, 2.05) is 38.1 Å². The molecular formula is C15H17BrN2O2. The van der Waals surface area contributed by atoms with Crippen LogP contribution in [0.1, 0.15) is 17.0 Å². The summed E-state index contributed by atoms with van der Waals surface area (Å²) in [4.78, 5) is 16.0. The summed E-state index contributed by atoms with van der Waals surface area (Å²) < 4.78 is 7.72. The lowest BCUT2D eigenvalue weighted by molar-refractivity contribution is 0.414. The van der Waals surface area contributed by atoms with Gasteiger partial charge in [0.2, 0.25) is 0 Å². The highest BCUT2D eigenvalue weighted by Crippen LogP contribution is 2.17. The largest absolute Gasteiger partial charge is 0.497 e. The number of hydrogen-bond acceptors (Lipinski definition) is 3. The highest BCUT2D eigenvalue weighted by Gasteiger charge is 2.09. The van der Waals surface area contributed by atoms with E-state index in [1.54, 1.807) is 11.7 Å². The monoisotopic (exact) mass is 336 g/mol. The molecule has 0 N–H and O–H groups in total. The van der Waals surface area contributed by atoms with Gasteiger partial charge in [-0.3, -0.25) is 4.57 Å². The highest BCUT2D eigenvalue weighted by molar-refractivity contribution is 9.10. The van der Waals surface area contributed by atoms with Crippen molar-refractivity contribution >= 4 is 15.9 Å². The van der Waals surface area contributed by atoms with Crippen molar-refractivity contribution in [1.29, 1.82) is 0 Å². The molecule has 1 heterocycles. The maximum absolute atomic E-state index is 11.9. The van der Waals surface area contributed by atoms with Crippen molar-refractivity contribution in [2.45, 2.75) is 26.8 Å². The van der Waals surface area contributed by atoms with Gasteiger partial charge in [-0.15, -0.1) is 0 Å². The van der Waals surface area contributed by atoms with E-state index in [4.69, 9.17) is 4.74 Å². The van der Waals surface area contributed by atoms with Crippen LogP contribution in [0.5, 0.6) is 5.75 Å². The highest BCUT2D eigenvalue weighted by atomic mass is 79.9. The van der Waals surface area contributed by atoms with Gasteiger partial charge < -0.3 is 4.74 Å². The molecule has 4 nitrogen and oxygen atoms in total. The number of hydrogen-bond donors (Lipinski definition) is 0. The predicted molar refractivity (Wildman–Crippen MR) is 82.4 cm³/mol. The van der Waals surface area contributed by atoms with Crippen LogP contribution < -0.4 is 10.4 Å². The molecule has 106 valence electrons. The Labute approximate surface area is 126 Å². The van der Waals surface area contributed by atoms with Gasteiger partial charge in [0, 0.05) is 12.2 Å². The van der Waals surface area contributed by atoms with Crippen LogP contribution in [0.3, 0.4) is 0 Å². The maximum Gasteiger partial charge on any atom is 0.348 e. The quantitative estimate of drug-likeness (QED) is 0.862. The zero-order valence-electron chi connectivity index (χ0n) is 11.8. The zero-order chi connectivity index (χ0) is 14.7. The van der Waals surface area contributed by atoms with E-state index in [0.29, 0.717) is 6.54 Å². The average Bonchev–Trinajstić information content (AvgIpc) is 2.45. The Morgan fingerprint density at radius 2 is 1.90 bits per heavy atom. The van der Waals surface area contributed by atoms with Crippen LogP contribution in [0.25, 0.3) is 0 Å². The fourth-order valence-corrected chi connectivity index (χ4v) is 2.38. The molecule has 0 unspecified atom stereocenters. The summed E-state index contributed by atoms with van der Waals surface area (Å²) >= 11 is 3.47. The number of rotatable bonds is 4. The molecule has 20 heavy (non-hydrogen) atoms. The third kappa shape index (κ3) is 3.10. The molecule has 1 aromatic heterocycles. The van der Waals surface area contributed by atoms with Crippen LogP contribution in [0.4, 0.5) is 0 Å². The van der Waals surface area contributed by atoms with Crippen molar-refractivity contribution in [2.24, 2.45) is 0 Å². The Hall–Kier alpha value is -1.62. The van der Waals surface area contributed by atoms with Crippen LogP contribution in [-0.4, -0.2) is 16.7 Å². The van der Waals surface area contributed by atoms with Gasteiger partial charge in [-0.05, 0) is 53.9 Å². The van der Waals surface area contributed by atoms with Crippen molar-refractivity contribution in [1.82, 2.24) is 9.55 Å². The van der Waals surface area contributed by atoms with E-state index in [-0.39, 0.29) is 5.69 Å². The third-order valence-corrected chi connectivity index (χ3v) is 4.47. The third-order valence-electron chi connectivity index (χ3n) is 3.32. The maximum atomic E-state index is 11.9. The van der Waals surface area contributed by atoms with Gasteiger partial charge in [-0.25, -0.2) is 4.79 Å². The van der Waals surface area contributed by atoms with Gasteiger partial charge in [0.05, 0.1) is 17.3 Å². The molecule has 2 rings (SSSR count). The Kier molecular flexibility index (Phi) is 4.60. The minimum Gasteiger partial charge on any atom is -0.497 e. The topological polar surface area (TPSA) is 44.1 Å². The summed E-state index contributed by atoms with van der Waals surface area (Å²) in [5.41, 5.74) is 2.61. The molecule has 2 aromatic rings. The number of aryl methyl sites for hydroxylation is 2. The minimum absolute atomic E-state index is 0.197. The van der Waals surface area contributed by atoms with Gasteiger partial charge in [0.15, 0.2) is 0 Å². The Morgan fingerprint density at radius 3 is 2.50 bits per heavy atom. The second-order valence-electron chi connectivity index (χ2n) is 4.63. The molecule has 0 spiro atoms. The molecule has 0 amide bonds. The fourth-order valence-electron chi connectivity index (χ4n) is 2.07. The number of nitrogens with zero attached hydrogens (tertiary/aromatic N) is 2. The number of halogens is 1. The molecule has 0 aliphatic rings. The number of methoxy groups -OCH3 is 1. The lowest BCUT2D eigenvalue weighted by Crippen LogP contribution is -2.27. The molecule has 0 bridgehead atoms. The molecular weight excluding hydrogens is 320 g/mol. The summed E-state index contributed by atoms with van der Waals surface area (Å²) in [6, 6.07) is 7.87. The van der Waals surface area contributed by atoms with Crippen molar-refractivity contribution < 1.29 is 4.74 Å². The van der Waals surface area contributed by atoms with E-state index in [9.17, 15) is 4.79 Å². The normalized spacial score (nSPS) is 10.6. The van der Waals surface area contributed by atoms with E-state index < -0.39 is 0 Å². The first kappa shape index (κ1) is 14.8. The van der Waals surface area contributed by atoms with Crippen molar-refractivity contribution in [2.75, 3.05) is 7.11 Å². The lowest BCUT2D eigenvalue weighted by atomic mass is 10.1. The number of ether oxygens (including phenoxy) is 1. The summed E-state index contributed by atoms with van der Waals surface area (Å²) in [5.74, 6) is 0.835. The summed E-state index contributed by atoms with van der Waals surface area (Å²) in [6.45, 7) is 4.36. The van der Waals surface area contributed by atoms with E-state index in [1.165, 1.54) is 0 Å². The standard InChI is InChI=1S/C15H17BrN2O2/c1-10-14(16)11(2)18(15(19)17-10)9-8-12-4-6-13(20-3)7-5-12/h4-7H,8-9H2,1-3H3. The lowest BCUT2D eigenvalue weighted by Gasteiger charge is -2.12. The van der Waals surface area contributed by atoms with E-state index in [2.05, 4.69) is 20.9 Å². The second kappa shape index (κ2) is 6.22. The summed E-state index contributed by atoms with van der Waals surface area (Å²) in [7, 11) is 1.65. The van der Waals surface area contributed by atoms with Crippen LogP contribution in [-0.2, 0) is 13.0 Å². The van der Waals surface area contributed by atoms with E-state index >= 15 is 0 Å². The fraction of sp³-hybridized carbons (Fsp3) is 0.333. The van der Waals surface area contributed by atoms with Gasteiger partial charge in [-0.1, -0.05) is 12.1 Å². The molecule has 0 aliphatic heterocycles. The molecule has 0 radical (unpaired) electrons. The van der Waals surface area contributed by atoms with E-state index in [0.717, 1.165) is 33.6 Å². The van der Waals surface area contributed by atoms with Gasteiger partial charge in [0.1, 0.15) is 5.75 Å². The molecule has 0 aliphatic carbocycles. The average molecular weight is 337 g/mol. The van der Waals surface area contributed by atoms with Crippen LogP contribution in [0, 0.1) is 13.8 Å². The van der Waals surface area contributed by atoms with Crippen molar-refractivity contribution in [3.8, 4) is 5.75 Å². The molecule has 0 saturated carbocycles. The Morgan fingerprint density at radius 1 is 1.25 bits per heavy atom. The first-order valence-corrected chi connectivity index (χ1v) is 7.18. The molecule has 0 atom stereocenters. The molecule has 0 saturated heterocycles. The number of benzene rings is 1. The Balaban J connectivity index is 2.18. The SMILES string of the molecule is COc1ccc(CCn2c(C)c(Br)c(C)nc2=O)cc1. The minimum atomic E-state index is -0.197. The molecule has 5 heteroatoms. The van der Waals surface area contributed by atoms with Crippen LogP contribution in [0.15, 0.2) is 33.5 Å². The van der Waals surface area contributed by atoms with Crippen LogP contribution in [0.2, 0.25) is 0 Å². The summed E-state index contributed by atoms with van der Waals surface area (Å²) in [6.07, 6.45) is 0.780. The van der Waals surface area contributed by atoms with Gasteiger partial charge in [0.25, 0.3) is 0 Å². The first-order chi connectivity index (χ1) is 9.52. The number of aromatic nitrogens is 2. The predicted octanol–water partition coefficient (Wildman–Crippen LogP) is 2.87. The van der Waals surface area contributed by atoms with Crippen molar-refractivity contribution in [3.63, 3.8) is 0 Å². The Bertz CT molecular complexity index is 663. The van der Waals surface area contributed by atoms with Gasteiger partial charge in [-0.2, -0.15) is 4.98 Å². The zero-order valence-corrected chi connectivity index (χ0v) is 13.4. The molecule has 0 fully saturated rings. The second-order valence-corrected chi connectivity index (χ2v) is 5.42.